The van der Waals surface area contributed by atoms with Crippen LogP contribution >= 0.6 is 11.8 Å². The molecule has 2 fully saturated rings. The Morgan fingerprint density at radius 3 is 2.38 bits per heavy atom. The first kappa shape index (κ1) is 20.7. The molecule has 0 unspecified atom stereocenters. The van der Waals surface area contributed by atoms with Gasteiger partial charge < -0.3 is 19.1 Å². The molecule has 1 aromatic heterocycles. The van der Waals surface area contributed by atoms with Crippen molar-refractivity contribution >= 4 is 29.3 Å². The quantitative estimate of drug-likeness (QED) is 0.591. The molecule has 2 aliphatic rings. The highest BCUT2D eigenvalue weighted by Gasteiger charge is 2.33. The van der Waals surface area contributed by atoms with Crippen molar-refractivity contribution in [1.82, 2.24) is 9.80 Å². The van der Waals surface area contributed by atoms with Crippen LogP contribution < -0.4 is 4.90 Å². The lowest BCUT2D eigenvalue weighted by Crippen LogP contribution is -2.48. The summed E-state index contributed by atoms with van der Waals surface area (Å²) < 4.78 is 5.42. The molecule has 3 heterocycles. The number of hydrogen-bond donors (Lipinski definition) is 0. The summed E-state index contributed by atoms with van der Waals surface area (Å²) >= 11 is 1.61. The maximum atomic E-state index is 13.0. The van der Waals surface area contributed by atoms with Crippen LogP contribution in [0.25, 0.3) is 0 Å². The maximum Gasteiger partial charge on any atom is 0.253 e. The highest BCUT2D eigenvalue weighted by atomic mass is 32.2. The van der Waals surface area contributed by atoms with Crippen LogP contribution in [0.2, 0.25) is 0 Å². The average Bonchev–Trinajstić information content (AvgIpc) is 3.50. The fourth-order valence-electron chi connectivity index (χ4n) is 4.25. The van der Waals surface area contributed by atoms with Crippen molar-refractivity contribution in [3.05, 3.63) is 89.9 Å². The van der Waals surface area contributed by atoms with Gasteiger partial charge in [0, 0.05) is 37.4 Å². The van der Waals surface area contributed by atoms with Crippen molar-refractivity contribution in [2.24, 2.45) is 0 Å². The second-order valence-corrected chi connectivity index (χ2v) is 9.07. The van der Waals surface area contributed by atoms with Crippen molar-refractivity contribution in [2.45, 2.75) is 11.9 Å². The third-order valence-electron chi connectivity index (χ3n) is 6.01. The molecular formula is C25H25N3O3S. The number of benzene rings is 2. The van der Waals surface area contributed by atoms with Crippen LogP contribution in [0.3, 0.4) is 0 Å². The number of carbonyl (C=O) groups is 2. The number of amides is 2. The van der Waals surface area contributed by atoms with E-state index < -0.39 is 0 Å². The SMILES string of the molecule is O=C(c1ccc([C@@H]2SCC(=O)N2Cc2ccco2)cc1)N1CCN(c2ccccc2)CC1. The fourth-order valence-corrected chi connectivity index (χ4v) is 5.44. The van der Waals surface area contributed by atoms with Gasteiger partial charge in [0.1, 0.15) is 11.1 Å². The third kappa shape index (κ3) is 4.25. The predicted octanol–water partition coefficient (Wildman–Crippen LogP) is 4.02. The molecule has 2 aliphatic heterocycles. The van der Waals surface area contributed by atoms with Gasteiger partial charge in [0.2, 0.25) is 5.91 Å². The number of piperazine rings is 1. The fraction of sp³-hybridized carbons (Fsp3) is 0.280. The van der Waals surface area contributed by atoms with Crippen molar-refractivity contribution in [3.63, 3.8) is 0 Å². The molecule has 164 valence electrons. The Balaban J connectivity index is 1.23. The normalized spacial score (nSPS) is 18.9. The molecule has 3 aromatic rings. The van der Waals surface area contributed by atoms with E-state index in [0.29, 0.717) is 31.0 Å². The Kier molecular flexibility index (Phi) is 5.90. The molecule has 1 atom stereocenters. The molecule has 2 saturated heterocycles. The standard InChI is InChI=1S/C25H25N3O3S/c29-23-18-32-25(28(23)17-22-7-4-16-31-22)20-10-8-19(9-11-20)24(30)27-14-12-26(13-15-27)21-5-2-1-3-6-21/h1-11,16,25H,12-15,17-18H2/t25-/m0/s1. The van der Waals surface area contributed by atoms with Crippen LogP contribution in [0, 0.1) is 0 Å². The van der Waals surface area contributed by atoms with E-state index in [1.165, 1.54) is 5.69 Å². The van der Waals surface area contributed by atoms with Crippen LogP contribution in [0.5, 0.6) is 0 Å². The molecule has 2 aromatic carbocycles. The molecule has 5 rings (SSSR count). The average molecular weight is 448 g/mol. The summed E-state index contributed by atoms with van der Waals surface area (Å²) in [6.07, 6.45) is 1.62. The summed E-state index contributed by atoms with van der Waals surface area (Å²) in [5.74, 6) is 1.39. The van der Waals surface area contributed by atoms with E-state index in [1.54, 1.807) is 18.0 Å². The van der Waals surface area contributed by atoms with Gasteiger partial charge in [0.05, 0.1) is 18.6 Å². The van der Waals surface area contributed by atoms with Gasteiger partial charge >= 0.3 is 0 Å². The predicted molar refractivity (Wildman–Crippen MR) is 125 cm³/mol. The van der Waals surface area contributed by atoms with Gasteiger partial charge in [-0.1, -0.05) is 30.3 Å². The third-order valence-corrected chi connectivity index (χ3v) is 7.26. The summed E-state index contributed by atoms with van der Waals surface area (Å²) in [4.78, 5) is 31.5. The van der Waals surface area contributed by atoms with Crippen molar-refractivity contribution in [2.75, 3.05) is 36.8 Å². The van der Waals surface area contributed by atoms with Crippen LogP contribution in [0.4, 0.5) is 5.69 Å². The Morgan fingerprint density at radius 1 is 0.938 bits per heavy atom. The lowest BCUT2D eigenvalue weighted by molar-refractivity contribution is -0.128. The summed E-state index contributed by atoms with van der Waals surface area (Å²) in [6.45, 7) is 3.53. The van der Waals surface area contributed by atoms with Crippen molar-refractivity contribution in [1.29, 1.82) is 0 Å². The minimum Gasteiger partial charge on any atom is -0.467 e. The molecule has 7 heteroatoms. The van der Waals surface area contributed by atoms with E-state index in [-0.39, 0.29) is 17.2 Å². The first-order chi connectivity index (χ1) is 15.7. The monoisotopic (exact) mass is 447 g/mol. The minimum absolute atomic E-state index is 0.0619. The molecule has 0 N–H and O–H groups in total. The van der Waals surface area contributed by atoms with Gasteiger partial charge in [-0.25, -0.2) is 0 Å². The number of furan rings is 1. The van der Waals surface area contributed by atoms with Crippen LogP contribution in [-0.4, -0.2) is 53.5 Å². The van der Waals surface area contributed by atoms with E-state index in [0.717, 1.165) is 24.4 Å². The molecular weight excluding hydrogens is 422 g/mol. The lowest BCUT2D eigenvalue weighted by Gasteiger charge is -2.36. The summed E-state index contributed by atoms with van der Waals surface area (Å²) in [7, 11) is 0. The number of rotatable bonds is 5. The molecule has 0 radical (unpaired) electrons. The number of hydrogen-bond acceptors (Lipinski definition) is 5. The summed E-state index contributed by atoms with van der Waals surface area (Å²) in [5.41, 5.74) is 2.92. The minimum atomic E-state index is -0.0637. The smallest absolute Gasteiger partial charge is 0.253 e. The second-order valence-electron chi connectivity index (χ2n) is 8.00. The molecule has 0 bridgehead atoms. The van der Waals surface area contributed by atoms with E-state index in [4.69, 9.17) is 4.42 Å². The Hall–Kier alpha value is -3.19. The summed E-state index contributed by atoms with van der Waals surface area (Å²) in [6, 6.07) is 21.7. The lowest BCUT2D eigenvalue weighted by atomic mass is 10.1. The molecule has 0 aliphatic carbocycles. The number of nitrogens with zero attached hydrogens (tertiary/aromatic N) is 3. The van der Waals surface area contributed by atoms with E-state index in [9.17, 15) is 9.59 Å². The first-order valence-electron chi connectivity index (χ1n) is 10.8. The van der Waals surface area contributed by atoms with Gasteiger partial charge in [-0.3, -0.25) is 9.59 Å². The topological polar surface area (TPSA) is 57.0 Å². The Labute approximate surface area is 191 Å². The first-order valence-corrected chi connectivity index (χ1v) is 11.9. The van der Waals surface area contributed by atoms with Crippen LogP contribution in [0.1, 0.15) is 27.1 Å². The highest BCUT2D eigenvalue weighted by molar-refractivity contribution is 8.00. The molecule has 32 heavy (non-hydrogen) atoms. The zero-order chi connectivity index (χ0) is 21.9. The number of para-hydroxylation sites is 1. The summed E-state index contributed by atoms with van der Waals surface area (Å²) in [5, 5.41) is -0.0637. The van der Waals surface area contributed by atoms with Gasteiger partial charge in [-0.05, 0) is 42.0 Å². The van der Waals surface area contributed by atoms with Gasteiger partial charge in [0.15, 0.2) is 0 Å². The zero-order valence-electron chi connectivity index (χ0n) is 17.7. The number of carbonyl (C=O) groups excluding carboxylic acids is 2. The zero-order valence-corrected chi connectivity index (χ0v) is 18.5. The van der Waals surface area contributed by atoms with E-state index in [1.807, 2.05) is 64.4 Å². The number of anilines is 1. The Bertz CT molecular complexity index is 1060. The largest absolute Gasteiger partial charge is 0.467 e. The maximum absolute atomic E-state index is 13.0. The molecule has 0 spiro atoms. The molecule has 0 saturated carbocycles. The van der Waals surface area contributed by atoms with Gasteiger partial charge in [-0.15, -0.1) is 11.8 Å². The van der Waals surface area contributed by atoms with Crippen molar-refractivity contribution < 1.29 is 14.0 Å². The highest BCUT2D eigenvalue weighted by Crippen LogP contribution is 2.39. The molecule has 2 amide bonds. The Morgan fingerprint density at radius 2 is 1.69 bits per heavy atom. The van der Waals surface area contributed by atoms with Crippen LogP contribution in [0.15, 0.2) is 77.4 Å². The van der Waals surface area contributed by atoms with E-state index in [2.05, 4.69) is 17.0 Å². The van der Waals surface area contributed by atoms with Gasteiger partial charge in [0.25, 0.3) is 5.91 Å². The molecule has 6 nitrogen and oxygen atoms in total. The van der Waals surface area contributed by atoms with Crippen LogP contribution in [-0.2, 0) is 11.3 Å². The van der Waals surface area contributed by atoms with E-state index >= 15 is 0 Å². The second kappa shape index (κ2) is 9.12. The van der Waals surface area contributed by atoms with Crippen molar-refractivity contribution in [3.8, 4) is 0 Å². The number of thioether (sulfide) groups is 1. The van der Waals surface area contributed by atoms with Gasteiger partial charge in [-0.2, -0.15) is 0 Å².